The van der Waals surface area contributed by atoms with Crippen LogP contribution in [0.5, 0.6) is 0 Å². The lowest BCUT2D eigenvalue weighted by Gasteiger charge is -2.30. The molecule has 0 bridgehead atoms. The molecule has 1 aromatic carbocycles. The van der Waals surface area contributed by atoms with Gasteiger partial charge in [-0.25, -0.2) is 0 Å². The predicted octanol–water partition coefficient (Wildman–Crippen LogP) is 0.737. The van der Waals surface area contributed by atoms with Crippen LogP contribution in [0, 0.1) is 0 Å². The normalized spacial score (nSPS) is 16.7. The first-order valence-electron chi connectivity index (χ1n) is 8.77. The standard InChI is InChI=1S/C18H30N4O2/c1-2-24-11-5-9-20-18(19)21-12-17(23)14-22-10-8-15-6-3-4-7-16(15)13-22/h3-4,6-7,17,23H,2,5,8-14H2,1H3,(H3,19,20,21). The Balaban J connectivity index is 1.66. The number of hydrogen-bond acceptors (Lipinski definition) is 4. The zero-order valence-corrected chi connectivity index (χ0v) is 14.6. The van der Waals surface area contributed by atoms with Gasteiger partial charge in [0.1, 0.15) is 0 Å². The van der Waals surface area contributed by atoms with Crippen LogP contribution in [0.3, 0.4) is 0 Å². The summed E-state index contributed by atoms with van der Waals surface area (Å²) in [6.45, 7) is 6.97. The van der Waals surface area contributed by atoms with Crippen LogP contribution in [-0.2, 0) is 17.7 Å². The molecule has 0 fully saturated rings. The zero-order chi connectivity index (χ0) is 17.2. The molecule has 24 heavy (non-hydrogen) atoms. The van der Waals surface area contributed by atoms with Gasteiger partial charge in [0.2, 0.25) is 0 Å². The largest absolute Gasteiger partial charge is 0.390 e. The van der Waals surface area contributed by atoms with Gasteiger partial charge in [-0.05, 0) is 30.9 Å². The molecule has 6 nitrogen and oxygen atoms in total. The molecule has 134 valence electrons. The molecule has 2 rings (SSSR count). The summed E-state index contributed by atoms with van der Waals surface area (Å²) in [5.74, 6) is 0.384. The number of nitrogens with two attached hydrogens (primary N) is 1. The third kappa shape index (κ3) is 6.47. The van der Waals surface area contributed by atoms with Crippen molar-refractivity contribution in [2.75, 3.05) is 39.4 Å². The summed E-state index contributed by atoms with van der Waals surface area (Å²) in [5.41, 5.74) is 8.58. The van der Waals surface area contributed by atoms with Crippen molar-refractivity contribution in [1.29, 1.82) is 0 Å². The quantitative estimate of drug-likeness (QED) is 0.352. The van der Waals surface area contributed by atoms with Crippen LogP contribution in [0.4, 0.5) is 0 Å². The summed E-state index contributed by atoms with van der Waals surface area (Å²) in [6.07, 6.45) is 1.43. The number of guanidine groups is 1. The second kappa shape index (κ2) is 10.3. The summed E-state index contributed by atoms with van der Waals surface area (Å²) >= 11 is 0. The Kier molecular flexibility index (Phi) is 8.01. The number of ether oxygens (including phenoxy) is 1. The van der Waals surface area contributed by atoms with Crippen LogP contribution < -0.4 is 11.1 Å². The molecular weight excluding hydrogens is 304 g/mol. The van der Waals surface area contributed by atoms with E-state index >= 15 is 0 Å². The van der Waals surface area contributed by atoms with Crippen molar-refractivity contribution in [2.45, 2.75) is 32.4 Å². The van der Waals surface area contributed by atoms with Gasteiger partial charge >= 0.3 is 0 Å². The molecule has 1 aliphatic heterocycles. The van der Waals surface area contributed by atoms with Gasteiger partial charge in [0.15, 0.2) is 5.96 Å². The lowest BCUT2D eigenvalue weighted by atomic mass is 10.00. The lowest BCUT2D eigenvalue weighted by molar-refractivity contribution is 0.111. The van der Waals surface area contributed by atoms with Gasteiger partial charge in [0.05, 0.1) is 12.6 Å². The van der Waals surface area contributed by atoms with E-state index < -0.39 is 6.10 Å². The molecule has 0 aliphatic carbocycles. The zero-order valence-electron chi connectivity index (χ0n) is 14.6. The summed E-state index contributed by atoms with van der Waals surface area (Å²) in [6, 6.07) is 8.50. The fourth-order valence-corrected chi connectivity index (χ4v) is 2.86. The molecule has 1 aliphatic rings. The first kappa shape index (κ1) is 18.7. The van der Waals surface area contributed by atoms with Crippen LogP contribution in [0.25, 0.3) is 0 Å². The van der Waals surface area contributed by atoms with Gasteiger partial charge in [0, 0.05) is 39.4 Å². The molecule has 0 spiro atoms. The van der Waals surface area contributed by atoms with Crippen molar-refractivity contribution in [2.24, 2.45) is 10.7 Å². The molecule has 0 aromatic heterocycles. The van der Waals surface area contributed by atoms with Crippen molar-refractivity contribution in [3.63, 3.8) is 0 Å². The highest BCUT2D eigenvalue weighted by atomic mass is 16.5. The maximum atomic E-state index is 10.2. The van der Waals surface area contributed by atoms with Crippen LogP contribution >= 0.6 is 0 Å². The summed E-state index contributed by atoms with van der Waals surface area (Å²) < 4.78 is 5.26. The number of rotatable bonds is 9. The van der Waals surface area contributed by atoms with E-state index in [-0.39, 0.29) is 0 Å². The van der Waals surface area contributed by atoms with Gasteiger partial charge in [-0.2, -0.15) is 0 Å². The van der Waals surface area contributed by atoms with E-state index in [4.69, 9.17) is 10.5 Å². The number of β-amino-alcohol motifs (C(OH)–C–C–N with tert-alkyl or cyclic N) is 1. The van der Waals surface area contributed by atoms with Crippen LogP contribution in [0.2, 0.25) is 0 Å². The van der Waals surface area contributed by atoms with E-state index in [1.807, 2.05) is 6.92 Å². The van der Waals surface area contributed by atoms with Gasteiger partial charge in [-0.3, -0.25) is 9.89 Å². The molecule has 1 atom stereocenters. The van der Waals surface area contributed by atoms with Crippen molar-refractivity contribution >= 4 is 5.96 Å². The summed E-state index contributed by atoms with van der Waals surface area (Å²) in [5, 5.41) is 13.2. The Morgan fingerprint density at radius 1 is 1.42 bits per heavy atom. The minimum Gasteiger partial charge on any atom is -0.390 e. The molecule has 4 N–H and O–H groups in total. The van der Waals surface area contributed by atoms with E-state index in [0.717, 1.165) is 45.7 Å². The first-order chi connectivity index (χ1) is 11.7. The predicted molar refractivity (Wildman–Crippen MR) is 97.0 cm³/mol. The number of aliphatic hydroxyl groups excluding tert-OH is 1. The third-order valence-electron chi connectivity index (χ3n) is 4.13. The Morgan fingerprint density at radius 3 is 3.00 bits per heavy atom. The molecule has 1 aromatic rings. The van der Waals surface area contributed by atoms with Gasteiger partial charge in [-0.15, -0.1) is 0 Å². The smallest absolute Gasteiger partial charge is 0.188 e. The number of fused-ring (bicyclic) bond motifs is 1. The highest BCUT2D eigenvalue weighted by Crippen LogP contribution is 2.18. The van der Waals surface area contributed by atoms with E-state index in [9.17, 15) is 5.11 Å². The van der Waals surface area contributed by atoms with Crippen LogP contribution in [0.1, 0.15) is 24.5 Å². The maximum Gasteiger partial charge on any atom is 0.188 e. The fourth-order valence-electron chi connectivity index (χ4n) is 2.86. The second-order valence-electron chi connectivity index (χ2n) is 6.11. The van der Waals surface area contributed by atoms with Crippen LogP contribution in [-0.4, -0.2) is 61.5 Å². The first-order valence-corrected chi connectivity index (χ1v) is 8.77. The minimum absolute atomic E-state index is 0.322. The molecule has 0 saturated heterocycles. The summed E-state index contributed by atoms with van der Waals surface area (Å²) in [4.78, 5) is 6.49. The highest BCUT2D eigenvalue weighted by molar-refractivity contribution is 5.77. The second-order valence-corrected chi connectivity index (χ2v) is 6.11. The summed E-state index contributed by atoms with van der Waals surface area (Å²) in [7, 11) is 0. The number of nitrogens with zero attached hydrogens (tertiary/aromatic N) is 2. The number of aliphatic hydroxyl groups is 1. The van der Waals surface area contributed by atoms with Crippen molar-refractivity contribution < 1.29 is 9.84 Å². The maximum absolute atomic E-state index is 10.2. The van der Waals surface area contributed by atoms with Gasteiger partial charge < -0.3 is 20.9 Å². The number of aliphatic imine (C=N–C) groups is 1. The van der Waals surface area contributed by atoms with E-state index in [0.29, 0.717) is 19.0 Å². The Bertz CT molecular complexity index is 521. The van der Waals surface area contributed by atoms with E-state index in [2.05, 4.69) is 39.5 Å². The monoisotopic (exact) mass is 334 g/mol. The SMILES string of the molecule is CCOCCCNC(N)=NCC(O)CN1CCc2ccccc2C1. The average molecular weight is 334 g/mol. The third-order valence-corrected chi connectivity index (χ3v) is 4.13. The molecule has 1 heterocycles. The molecule has 1 unspecified atom stereocenters. The van der Waals surface area contributed by atoms with E-state index in [1.165, 1.54) is 11.1 Å². The van der Waals surface area contributed by atoms with Crippen molar-refractivity contribution in [3.05, 3.63) is 35.4 Å². The number of benzene rings is 1. The molecule has 0 saturated carbocycles. The van der Waals surface area contributed by atoms with Gasteiger partial charge in [-0.1, -0.05) is 24.3 Å². The molecule has 0 amide bonds. The molecule has 6 heteroatoms. The van der Waals surface area contributed by atoms with Crippen molar-refractivity contribution in [3.8, 4) is 0 Å². The minimum atomic E-state index is -0.501. The number of nitrogens with one attached hydrogen (secondary N) is 1. The fraction of sp³-hybridized carbons (Fsp3) is 0.611. The Hall–Kier alpha value is -1.63. The average Bonchev–Trinajstić information content (AvgIpc) is 2.59. The Labute approximate surface area is 144 Å². The van der Waals surface area contributed by atoms with E-state index in [1.54, 1.807) is 0 Å². The van der Waals surface area contributed by atoms with Crippen molar-refractivity contribution in [1.82, 2.24) is 10.2 Å². The lowest BCUT2D eigenvalue weighted by Crippen LogP contribution is -2.39. The number of hydrogen-bond donors (Lipinski definition) is 3. The topological polar surface area (TPSA) is 83.1 Å². The molecule has 0 radical (unpaired) electrons. The Morgan fingerprint density at radius 2 is 2.21 bits per heavy atom. The van der Waals surface area contributed by atoms with Gasteiger partial charge in [0.25, 0.3) is 0 Å². The van der Waals surface area contributed by atoms with Crippen LogP contribution in [0.15, 0.2) is 29.3 Å². The highest BCUT2D eigenvalue weighted by Gasteiger charge is 2.18. The molecular formula is C18H30N4O2.